The molecule has 3 atom stereocenters. The summed E-state index contributed by atoms with van der Waals surface area (Å²) in [4.78, 5) is 6.61. The number of methoxy groups -OCH3 is 2. The summed E-state index contributed by atoms with van der Waals surface area (Å²) in [6.07, 6.45) is 1.67. The molecule has 1 aliphatic heterocycles. The Morgan fingerprint density at radius 1 is 1.10 bits per heavy atom. The van der Waals surface area contributed by atoms with Crippen molar-refractivity contribution in [3.05, 3.63) is 59.2 Å². The minimum Gasteiger partial charge on any atom is -0.497 e. The Morgan fingerprint density at radius 3 is 2.32 bits per heavy atom. The average Bonchev–Trinajstić information content (AvgIpc) is 3.32. The van der Waals surface area contributed by atoms with Crippen molar-refractivity contribution in [2.45, 2.75) is 30.7 Å². The SMILES string of the molecule is CN=C(NC1CC1c1c(F)cccc1F)N1CCC(c2cc(OC)cc(OC)c2)C1.I. The van der Waals surface area contributed by atoms with E-state index in [2.05, 4.69) is 15.2 Å². The van der Waals surface area contributed by atoms with Gasteiger partial charge in [0.1, 0.15) is 23.1 Å². The van der Waals surface area contributed by atoms with Gasteiger partial charge in [-0.25, -0.2) is 8.78 Å². The molecule has 1 heterocycles. The second-order valence-corrected chi connectivity index (χ2v) is 7.85. The van der Waals surface area contributed by atoms with Gasteiger partial charge in [-0.2, -0.15) is 0 Å². The molecule has 2 aromatic carbocycles. The van der Waals surface area contributed by atoms with Crippen LogP contribution in [0.25, 0.3) is 0 Å². The van der Waals surface area contributed by atoms with Gasteiger partial charge >= 0.3 is 0 Å². The third kappa shape index (κ3) is 5.05. The molecule has 2 fully saturated rings. The first kappa shape index (κ1) is 23.6. The van der Waals surface area contributed by atoms with Crippen LogP contribution in [-0.2, 0) is 0 Å². The Balaban J connectivity index is 0.00000272. The van der Waals surface area contributed by atoms with Gasteiger partial charge in [0, 0.05) is 49.6 Å². The Morgan fingerprint density at radius 2 is 1.74 bits per heavy atom. The third-order valence-electron chi connectivity index (χ3n) is 6.02. The number of hydrogen-bond acceptors (Lipinski definition) is 3. The largest absolute Gasteiger partial charge is 0.497 e. The van der Waals surface area contributed by atoms with Crippen LogP contribution < -0.4 is 14.8 Å². The van der Waals surface area contributed by atoms with Gasteiger partial charge in [0.15, 0.2) is 5.96 Å². The van der Waals surface area contributed by atoms with Gasteiger partial charge in [0.05, 0.1) is 14.2 Å². The first-order chi connectivity index (χ1) is 14.5. The van der Waals surface area contributed by atoms with Crippen LogP contribution in [0.1, 0.15) is 35.8 Å². The van der Waals surface area contributed by atoms with Gasteiger partial charge in [-0.15, -0.1) is 24.0 Å². The van der Waals surface area contributed by atoms with E-state index in [-0.39, 0.29) is 41.5 Å². The number of aliphatic imine (C=N–C) groups is 1. The Hall–Kier alpha value is -2.10. The number of nitrogens with zero attached hydrogens (tertiary/aromatic N) is 2. The maximum absolute atomic E-state index is 14.1. The lowest BCUT2D eigenvalue weighted by atomic mass is 9.98. The minimum absolute atomic E-state index is 0. The van der Waals surface area contributed by atoms with Crippen molar-refractivity contribution in [1.82, 2.24) is 10.2 Å². The number of likely N-dealkylation sites (tertiary alicyclic amines) is 1. The van der Waals surface area contributed by atoms with Crippen molar-refractivity contribution in [2.75, 3.05) is 34.4 Å². The van der Waals surface area contributed by atoms with E-state index in [1.165, 1.54) is 23.8 Å². The quantitative estimate of drug-likeness (QED) is 0.343. The standard InChI is InChI=1S/C23H27F2N3O2.HI/c1-26-23(27-21-12-18(21)22-19(24)5-4-6-20(22)25)28-8-7-14(13-28)15-9-16(29-2)11-17(10-15)30-3;/h4-6,9-11,14,18,21H,7-8,12-13H2,1-3H3,(H,26,27);1H. The zero-order valence-electron chi connectivity index (χ0n) is 17.9. The molecule has 0 spiro atoms. The van der Waals surface area contributed by atoms with Crippen LogP contribution in [0.4, 0.5) is 8.78 Å². The van der Waals surface area contributed by atoms with Crippen LogP contribution in [0, 0.1) is 11.6 Å². The highest BCUT2D eigenvalue weighted by Crippen LogP contribution is 2.43. The summed E-state index contributed by atoms with van der Waals surface area (Å²) in [7, 11) is 5.04. The third-order valence-corrected chi connectivity index (χ3v) is 6.02. The van der Waals surface area contributed by atoms with E-state index < -0.39 is 11.6 Å². The lowest BCUT2D eigenvalue weighted by molar-refractivity contribution is 0.392. The molecule has 1 saturated carbocycles. The highest BCUT2D eigenvalue weighted by molar-refractivity contribution is 14.0. The van der Waals surface area contributed by atoms with E-state index in [4.69, 9.17) is 9.47 Å². The molecule has 0 bridgehead atoms. The van der Waals surface area contributed by atoms with Crippen LogP contribution in [0.3, 0.4) is 0 Å². The highest BCUT2D eigenvalue weighted by Gasteiger charge is 2.43. The molecule has 3 unspecified atom stereocenters. The summed E-state index contributed by atoms with van der Waals surface area (Å²) in [6.45, 7) is 1.66. The molecule has 168 valence electrons. The number of benzene rings is 2. The second-order valence-electron chi connectivity index (χ2n) is 7.85. The molecule has 1 saturated heterocycles. The predicted octanol–water partition coefficient (Wildman–Crippen LogP) is 4.52. The molecule has 31 heavy (non-hydrogen) atoms. The summed E-state index contributed by atoms with van der Waals surface area (Å²) in [5, 5.41) is 3.40. The van der Waals surface area contributed by atoms with E-state index in [1.54, 1.807) is 21.3 Å². The lowest BCUT2D eigenvalue weighted by Crippen LogP contribution is -2.41. The van der Waals surface area contributed by atoms with E-state index in [0.29, 0.717) is 12.3 Å². The molecule has 4 rings (SSSR count). The van der Waals surface area contributed by atoms with Crippen molar-refractivity contribution in [1.29, 1.82) is 0 Å². The molecule has 1 aliphatic carbocycles. The number of rotatable bonds is 5. The van der Waals surface area contributed by atoms with Crippen molar-refractivity contribution in [3.63, 3.8) is 0 Å². The molecule has 2 aliphatic rings. The number of ether oxygens (including phenoxy) is 2. The van der Waals surface area contributed by atoms with Crippen molar-refractivity contribution in [2.24, 2.45) is 4.99 Å². The number of hydrogen-bond donors (Lipinski definition) is 1. The first-order valence-corrected chi connectivity index (χ1v) is 10.2. The second kappa shape index (κ2) is 10.0. The normalized spacial score (nSPS) is 22.7. The van der Waals surface area contributed by atoms with E-state index in [9.17, 15) is 8.78 Å². The Labute approximate surface area is 198 Å². The Bertz CT molecular complexity index is 914. The van der Waals surface area contributed by atoms with Crippen molar-refractivity contribution in [3.8, 4) is 11.5 Å². The summed E-state index contributed by atoms with van der Waals surface area (Å²) in [5.74, 6) is 1.53. The van der Waals surface area contributed by atoms with Crippen LogP contribution in [0.15, 0.2) is 41.4 Å². The summed E-state index contributed by atoms with van der Waals surface area (Å²) >= 11 is 0. The Kier molecular flexibility index (Phi) is 7.61. The zero-order chi connectivity index (χ0) is 21.3. The van der Waals surface area contributed by atoms with Gasteiger partial charge in [0.25, 0.3) is 0 Å². The van der Waals surface area contributed by atoms with Gasteiger partial charge in [-0.3, -0.25) is 4.99 Å². The smallest absolute Gasteiger partial charge is 0.193 e. The highest BCUT2D eigenvalue weighted by atomic mass is 127. The van der Waals surface area contributed by atoms with Crippen LogP contribution >= 0.6 is 24.0 Å². The van der Waals surface area contributed by atoms with Gasteiger partial charge < -0.3 is 19.7 Å². The number of guanidine groups is 1. The molecular formula is C23H28F2IN3O2. The van der Waals surface area contributed by atoms with Crippen LogP contribution in [-0.4, -0.2) is 51.3 Å². The van der Waals surface area contributed by atoms with Gasteiger partial charge in [0.2, 0.25) is 0 Å². The number of nitrogens with one attached hydrogen (secondary N) is 1. The monoisotopic (exact) mass is 543 g/mol. The molecule has 1 N–H and O–H groups in total. The summed E-state index contributed by atoms with van der Waals surface area (Å²) < 4.78 is 38.9. The lowest BCUT2D eigenvalue weighted by Gasteiger charge is -2.22. The molecule has 8 heteroatoms. The molecule has 5 nitrogen and oxygen atoms in total. The van der Waals surface area contributed by atoms with E-state index in [1.807, 2.05) is 18.2 Å². The van der Waals surface area contributed by atoms with E-state index in [0.717, 1.165) is 37.0 Å². The maximum Gasteiger partial charge on any atom is 0.193 e. The van der Waals surface area contributed by atoms with E-state index >= 15 is 0 Å². The van der Waals surface area contributed by atoms with Crippen LogP contribution in [0.5, 0.6) is 11.5 Å². The molecule has 0 amide bonds. The van der Waals surface area contributed by atoms with Gasteiger partial charge in [-0.05, 0) is 42.7 Å². The first-order valence-electron chi connectivity index (χ1n) is 10.2. The van der Waals surface area contributed by atoms with Gasteiger partial charge in [-0.1, -0.05) is 6.07 Å². The van der Waals surface area contributed by atoms with Crippen LogP contribution in [0.2, 0.25) is 0 Å². The topological polar surface area (TPSA) is 46.1 Å². The zero-order valence-corrected chi connectivity index (χ0v) is 20.2. The van der Waals surface area contributed by atoms with Crippen molar-refractivity contribution >= 4 is 29.9 Å². The fraction of sp³-hybridized carbons (Fsp3) is 0.435. The summed E-state index contributed by atoms with van der Waals surface area (Å²) in [5.41, 5.74) is 1.34. The molecule has 0 radical (unpaired) electrons. The van der Waals surface area contributed by atoms with Crippen molar-refractivity contribution < 1.29 is 18.3 Å². The fourth-order valence-corrected chi connectivity index (χ4v) is 4.29. The summed E-state index contributed by atoms with van der Waals surface area (Å²) in [6, 6.07) is 9.98. The maximum atomic E-state index is 14.1. The molecule has 0 aromatic heterocycles. The fourth-order valence-electron chi connectivity index (χ4n) is 4.29. The average molecular weight is 543 g/mol. The molecular weight excluding hydrogens is 515 g/mol. The minimum atomic E-state index is -0.479. The molecule has 2 aromatic rings. The number of halogens is 3. The predicted molar refractivity (Wildman–Crippen MR) is 128 cm³/mol.